The first kappa shape index (κ1) is 16.0. The number of hydrogen-bond donors (Lipinski definition) is 1. The van der Waals surface area contributed by atoms with E-state index >= 15 is 0 Å². The highest BCUT2D eigenvalue weighted by atomic mass is 32.2. The number of hydrogen-bond acceptors (Lipinski definition) is 4. The first-order valence-corrected chi connectivity index (χ1v) is 7.76. The smallest absolute Gasteiger partial charge is 0.373 e. The zero-order valence-corrected chi connectivity index (χ0v) is 12.7. The highest BCUT2D eigenvalue weighted by molar-refractivity contribution is 7.98. The van der Waals surface area contributed by atoms with Crippen molar-refractivity contribution in [2.45, 2.75) is 10.8 Å². The minimum absolute atomic E-state index is 0.360. The van der Waals surface area contributed by atoms with Gasteiger partial charge in [0.05, 0.1) is 0 Å². The maximum Gasteiger partial charge on any atom is 0.373 e. The van der Waals surface area contributed by atoms with Crippen molar-refractivity contribution in [3.05, 3.63) is 54.1 Å². The molecular weight excluding hydrogens is 300 g/mol. The molecule has 0 radical (unpaired) electrons. The number of carboxylic acids is 1. The van der Waals surface area contributed by atoms with Gasteiger partial charge < -0.3 is 9.90 Å². The van der Waals surface area contributed by atoms with E-state index in [2.05, 4.69) is 0 Å². The summed E-state index contributed by atoms with van der Waals surface area (Å²) in [5.41, 5.74) is 2.33. The number of carbonyl (C=O) groups excluding carboxylic acids is 2. The average Bonchev–Trinajstić information content (AvgIpc) is 2.56. The fourth-order valence-electron chi connectivity index (χ4n) is 2.09. The van der Waals surface area contributed by atoms with Crippen LogP contribution in [-0.2, 0) is 14.4 Å². The van der Waals surface area contributed by atoms with Crippen LogP contribution in [0.1, 0.15) is 11.5 Å². The van der Waals surface area contributed by atoms with Crippen LogP contribution in [0, 0.1) is 0 Å². The van der Waals surface area contributed by atoms with Gasteiger partial charge in [-0.25, -0.2) is 4.79 Å². The molecule has 0 aliphatic carbocycles. The predicted octanol–water partition coefficient (Wildman–Crippen LogP) is 3.01. The standard InChI is InChI=1S/C17H14O4S/c1-22-14-8-6-12(7-9-14)11-2-4-13(5-3-11)15(10-18)16(19)17(20)21/h2-10,15H,1H3,(H,20,21). The summed E-state index contributed by atoms with van der Waals surface area (Å²) in [4.78, 5) is 34.3. The zero-order chi connectivity index (χ0) is 16.1. The van der Waals surface area contributed by atoms with E-state index in [1.807, 2.05) is 30.5 Å². The summed E-state index contributed by atoms with van der Waals surface area (Å²) in [6, 6.07) is 14.8. The molecule has 2 aromatic carbocycles. The van der Waals surface area contributed by atoms with E-state index in [4.69, 9.17) is 5.11 Å². The summed E-state index contributed by atoms with van der Waals surface area (Å²) in [5, 5.41) is 8.72. The fourth-order valence-corrected chi connectivity index (χ4v) is 2.50. The van der Waals surface area contributed by atoms with Gasteiger partial charge in [-0.15, -0.1) is 11.8 Å². The Morgan fingerprint density at radius 3 is 1.91 bits per heavy atom. The quantitative estimate of drug-likeness (QED) is 0.384. The Labute approximate surface area is 132 Å². The van der Waals surface area contributed by atoms with Crippen LogP contribution < -0.4 is 0 Å². The minimum atomic E-state index is -1.60. The third kappa shape index (κ3) is 3.43. The molecule has 0 fully saturated rings. The Morgan fingerprint density at radius 2 is 1.50 bits per heavy atom. The van der Waals surface area contributed by atoms with E-state index in [-0.39, 0.29) is 0 Å². The molecule has 0 saturated heterocycles. The van der Waals surface area contributed by atoms with Gasteiger partial charge in [0.15, 0.2) is 0 Å². The molecule has 0 saturated carbocycles. The molecule has 0 spiro atoms. The summed E-state index contributed by atoms with van der Waals surface area (Å²) in [6.45, 7) is 0. The third-order valence-electron chi connectivity index (χ3n) is 3.32. The van der Waals surface area contributed by atoms with Gasteiger partial charge in [-0.3, -0.25) is 4.79 Å². The summed E-state index contributed by atoms with van der Waals surface area (Å²) in [5.74, 6) is -3.98. The van der Waals surface area contributed by atoms with Crippen molar-refractivity contribution in [2.75, 3.05) is 6.26 Å². The Morgan fingerprint density at radius 1 is 1.00 bits per heavy atom. The number of ketones is 1. The minimum Gasteiger partial charge on any atom is -0.475 e. The molecule has 1 N–H and O–H groups in total. The molecule has 1 unspecified atom stereocenters. The van der Waals surface area contributed by atoms with Crippen molar-refractivity contribution >= 4 is 29.8 Å². The first-order valence-electron chi connectivity index (χ1n) is 6.53. The summed E-state index contributed by atoms with van der Waals surface area (Å²) in [6.07, 6.45) is 2.36. The lowest BCUT2D eigenvalue weighted by molar-refractivity contribution is -0.150. The highest BCUT2D eigenvalue weighted by Gasteiger charge is 2.25. The molecule has 0 amide bonds. The number of benzene rings is 2. The van der Waals surface area contributed by atoms with E-state index in [1.54, 1.807) is 36.0 Å². The second-order valence-corrected chi connectivity index (χ2v) is 5.51. The van der Waals surface area contributed by atoms with Gasteiger partial charge in [0.2, 0.25) is 0 Å². The zero-order valence-electron chi connectivity index (χ0n) is 11.9. The molecular formula is C17H14O4S. The number of carbonyl (C=O) groups is 3. The predicted molar refractivity (Wildman–Crippen MR) is 85.1 cm³/mol. The number of aldehydes is 1. The van der Waals surface area contributed by atoms with Crippen LogP contribution in [-0.4, -0.2) is 29.4 Å². The van der Waals surface area contributed by atoms with Crippen molar-refractivity contribution in [3.8, 4) is 11.1 Å². The molecule has 4 nitrogen and oxygen atoms in total. The lowest BCUT2D eigenvalue weighted by Gasteiger charge is -2.08. The molecule has 112 valence electrons. The molecule has 0 aromatic heterocycles. The SMILES string of the molecule is CSc1ccc(-c2ccc(C(C=O)C(=O)C(=O)O)cc2)cc1. The van der Waals surface area contributed by atoms with E-state index in [0.29, 0.717) is 11.8 Å². The van der Waals surface area contributed by atoms with Gasteiger partial charge in [0.25, 0.3) is 5.78 Å². The molecule has 0 aliphatic rings. The van der Waals surface area contributed by atoms with Gasteiger partial charge in [0.1, 0.15) is 12.2 Å². The summed E-state index contributed by atoms with van der Waals surface area (Å²) >= 11 is 1.66. The molecule has 0 bridgehead atoms. The van der Waals surface area contributed by atoms with Gasteiger partial charge in [-0.2, -0.15) is 0 Å². The molecule has 0 heterocycles. The highest BCUT2D eigenvalue weighted by Crippen LogP contribution is 2.25. The van der Waals surface area contributed by atoms with Crippen LogP contribution >= 0.6 is 11.8 Å². The average molecular weight is 314 g/mol. The molecule has 0 aliphatic heterocycles. The summed E-state index contributed by atoms with van der Waals surface area (Å²) < 4.78 is 0. The molecule has 2 rings (SSSR count). The lowest BCUT2D eigenvalue weighted by atomic mass is 9.94. The Bertz CT molecular complexity index is 690. The van der Waals surface area contributed by atoms with Gasteiger partial charge >= 0.3 is 5.97 Å². The second kappa shape index (κ2) is 7.04. The normalized spacial score (nSPS) is 11.7. The van der Waals surface area contributed by atoms with Crippen LogP contribution in [0.25, 0.3) is 11.1 Å². The first-order chi connectivity index (χ1) is 10.6. The number of Topliss-reactive ketones (excluding diaryl/α,β-unsaturated/α-hetero) is 1. The van der Waals surface area contributed by atoms with Crippen LogP contribution in [0.2, 0.25) is 0 Å². The van der Waals surface area contributed by atoms with Crippen molar-refractivity contribution < 1.29 is 19.5 Å². The molecule has 2 aromatic rings. The maximum absolute atomic E-state index is 11.5. The Hall–Kier alpha value is -2.40. The van der Waals surface area contributed by atoms with Crippen molar-refractivity contribution in [3.63, 3.8) is 0 Å². The molecule has 5 heteroatoms. The van der Waals surface area contributed by atoms with Crippen LogP contribution in [0.3, 0.4) is 0 Å². The lowest BCUT2D eigenvalue weighted by Crippen LogP contribution is -2.22. The molecule has 22 heavy (non-hydrogen) atoms. The van der Waals surface area contributed by atoms with Gasteiger partial charge in [-0.05, 0) is 35.1 Å². The number of carboxylic acid groups (broad SMARTS) is 1. The molecule has 1 atom stereocenters. The van der Waals surface area contributed by atoms with Crippen LogP contribution in [0.5, 0.6) is 0 Å². The Kier molecular flexibility index (Phi) is 5.12. The topological polar surface area (TPSA) is 71.4 Å². The van der Waals surface area contributed by atoms with E-state index < -0.39 is 17.7 Å². The van der Waals surface area contributed by atoms with E-state index in [0.717, 1.165) is 16.0 Å². The third-order valence-corrected chi connectivity index (χ3v) is 4.07. The maximum atomic E-state index is 11.5. The summed E-state index contributed by atoms with van der Waals surface area (Å²) in [7, 11) is 0. The largest absolute Gasteiger partial charge is 0.475 e. The monoisotopic (exact) mass is 314 g/mol. The fraction of sp³-hybridized carbons (Fsp3) is 0.118. The van der Waals surface area contributed by atoms with Crippen molar-refractivity contribution in [2.24, 2.45) is 0 Å². The van der Waals surface area contributed by atoms with Crippen LogP contribution in [0.4, 0.5) is 0 Å². The van der Waals surface area contributed by atoms with E-state index in [1.165, 1.54) is 0 Å². The number of aliphatic carboxylic acids is 1. The van der Waals surface area contributed by atoms with E-state index in [9.17, 15) is 14.4 Å². The second-order valence-electron chi connectivity index (χ2n) is 4.63. The van der Waals surface area contributed by atoms with Crippen molar-refractivity contribution in [1.82, 2.24) is 0 Å². The number of rotatable bonds is 6. The Balaban J connectivity index is 2.27. The van der Waals surface area contributed by atoms with Gasteiger partial charge in [0, 0.05) is 4.90 Å². The van der Waals surface area contributed by atoms with Crippen molar-refractivity contribution in [1.29, 1.82) is 0 Å². The number of thioether (sulfide) groups is 1. The van der Waals surface area contributed by atoms with Crippen LogP contribution in [0.15, 0.2) is 53.4 Å². The van der Waals surface area contributed by atoms with Gasteiger partial charge in [-0.1, -0.05) is 36.4 Å².